The van der Waals surface area contributed by atoms with Crippen LogP contribution >= 0.6 is 11.5 Å². The first-order valence-corrected chi connectivity index (χ1v) is 9.78. The van der Waals surface area contributed by atoms with Crippen LogP contribution in [0.3, 0.4) is 0 Å². The van der Waals surface area contributed by atoms with Crippen LogP contribution in [-0.2, 0) is 9.59 Å². The van der Waals surface area contributed by atoms with Gasteiger partial charge in [-0.05, 0) is 62.3 Å². The molecule has 0 aliphatic heterocycles. The first kappa shape index (κ1) is 19.4. The maximum Gasteiger partial charge on any atom is 0.264 e. The number of nitrogens with zero attached hydrogens (tertiary/aromatic N) is 2. The molecule has 0 bridgehead atoms. The fourth-order valence-electron chi connectivity index (χ4n) is 3.93. The van der Waals surface area contributed by atoms with Crippen LogP contribution in [0.15, 0.2) is 12.1 Å². The minimum atomic E-state index is -0.667. The fourth-order valence-corrected chi connectivity index (χ4v) is 4.50. The Bertz CT molecular complexity index is 896. The van der Waals surface area contributed by atoms with Crippen LogP contribution in [0.5, 0.6) is 0 Å². The summed E-state index contributed by atoms with van der Waals surface area (Å²) in [4.78, 5) is 38.1. The monoisotopic (exact) mass is 385 g/mol. The second kappa shape index (κ2) is 7.68. The smallest absolute Gasteiger partial charge is 0.264 e. The van der Waals surface area contributed by atoms with Gasteiger partial charge in [-0.25, -0.2) is 0 Å². The Balaban J connectivity index is 1.66. The number of nitrogens with one attached hydrogen (secondary N) is 1. The number of carbonyl (C=O) groups excluding carboxylic acids is 3. The Morgan fingerprint density at radius 1 is 1.19 bits per heavy atom. The van der Waals surface area contributed by atoms with Crippen molar-refractivity contribution in [2.45, 2.75) is 46.5 Å². The van der Waals surface area contributed by atoms with Crippen molar-refractivity contribution in [3.63, 3.8) is 0 Å². The van der Waals surface area contributed by atoms with Crippen molar-refractivity contribution in [2.24, 2.45) is 5.92 Å². The predicted octanol–water partition coefficient (Wildman–Crippen LogP) is 2.83. The number of amides is 1. The lowest BCUT2D eigenvalue weighted by Gasteiger charge is -2.16. The SMILES string of the molecule is Cc1cc(C)c(C2C(=O)CC(CCNC(=O)c3snnc3C)C2=O)c(C)c1. The largest absolute Gasteiger partial charge is 0.351 e. The molecule has 1 aliphatic carbocycles. The van der Waals surface area contributed by atoms with Crippen LogP contribution in [0.4, 0.5) is 0 Å². The molecular formula is C20H23N3O3S. The topological polar surface area (TPSA) is 89.0 Å². The number of hydrogen-bond donors (Lipinski definition) is 1. The molecule has 0 saturated heterocycles. The van der Waals surface area contributed by atoms with E-state index >= 15 is 0 Å². The number of aryl methyl sites for hydroxylation is 4. The van der Waals surface area contributed by atoms with Gasteiger partial charge in [0.05, 0.1) is 5.69 Å². The third-order valence-electron chi connectivity index (χ3n) is 5.12. The molecular weight excluding hydrogens is 362 g/mol. The first-order valence-electron chi connectivity index (χ1n) is 9.01. The minimum Gasteiger partial charge on any atom is -0.351 e. The van der Waals surface area contributed by atoms with E-state index in [1.54, 1.807) is 6.92 Å². The van der Waals surface area contributed by atoms with Crippen molar-refractivity contribution in [1.29, 1.82) is 0 Å². The second-order valence-electron chi connectivity index (χ2n) is 7.25. The van der Waals surface area contributed by atoms with E-state index in [-0.39, 0.29) is 29.8 Å². The lowest BCUT2D eigenvalue weighted by atomic mass is 9.86. The summed E-state index contributed by atoms with van der Waals surface area (Å²) in [7, 11) is 0. The highest BCUT2D eigenvalue weighted by atomic mass is 32.1. The fraction of sp³-hybridized carbons (Fsp3) is 0.450. The minimum absolute atomic E-state index is 0.0196. The Kier molecular flexibility index (Phi) is 5.51. The normalized spacial score (nSPS) is 19.6. The first-order chi connectivity index (χ1) is 12.8. The number of aromatic nitrogens is 2. The molecule has 27 heavy (non-hydrogen) atoms. The molecule has 2 aromatic rings. The summed E-state index contributed by atoms with van der Waals surface area (Å²) in [5.74, 6) is -1.29. The zero-order valence-corrected chi connectivity index (χ0v) is 16.8. The highest BCUT2D eigenvalue weighted by molar-refractivity contribution is 7.08. The molecule has 2 atom stereocenters. The quantitative estimate of drug-likeness (QED) is 0.800. The summed E-state index contributed by atoms with van der Waals surface area (Å²) in [6.45, 7) is 7.99. The van der Waals surface area contributed by atoms with E-state index < -0.39 is 5.92 Å². The molecule has 1 heterocycles. The molecule has 7 heteroatoms. The third-order valence-corrected chi connectivity index (χ3v) is 5.95. The van der Waals surface area contributed by atoms with Crippen LogP contribution in [0.1, 0.15) is 56.4 Å². The molecule has 0 spiro atoms. The Labute approximate surface area is 162 Å². The van der Waals surface area contributed by atoms with Crippen molar-refractivity contribution >= 4 is 29.0 Å². The van der Waals surface area contributed by atoms with Gasteiger partial charge in [0, 0.05) is 18.9 Å². The summed E-state index contributed by atoms with van der Waals surface area (Å²) < 4.78 is 3.75. The van der Waals surface area contributed by atoms with Crippen molar-refractivity contribution < 1.29 is 14.4 Å². The van der Waals surface area contributed by atoms with E-state index in [9.17, 15) is 14.4 Å². The van der Waals surface area contributed by atoms with Gasteiger partial charge >= 0.3 is 0 Å². The van der Waals surface area contributed by atoms with Crippen LogP contribution in [0.2, 0.25) is 0 Å². The van der Waals surface area contributed by atoms with Gasteiger partial charge in [-0.1, -0.05) is 22.2 Å². The molecule has 1 aromatic carbocycles. The Morgan fingerprint density at radius 3 is 2.44 bits per heavy atom. The Hall–Kier alpha value is -2.41. The lowest BCUT2D eigenvalue weighted by Crippen LogP contribution is -2.27. The van der Waals surface area contributed by atoms with Gasteiger partial charge < -0.3 is 5.32 Å². The lowest BCUT2D eigenvalue weighted by molar-refractivity contribution is -0.124. The molecule has 1 aliphatic rings. The summed E-state index contributed by atoms with van der Waals surface area (Å²) in [5, 5.41) is 6.62. The highest BCUT2D eigenvalue weighted by Gasteiger charge is 2.42. The standard InChI is InChI=1S/C20H23N3O3S/c1-10-7-11(2)16(12(3)8-10)17-15(24)9-14(18(17)25)5-6-21-20(26)19-13(4)22-23-27-19/h7-8,14,17H,5-6,9H2,1-4H3,(H,21,26). The van der Waals surface area contributed by atoms with Crippen LogP contribution < -0.4 is 5.32 Å². The molecule has 1 aromatic heterocycles. The van der Waals surface area contributed by atoms with Gasteiger partial charge in [-0.2, -0.15) is 0 Å². The number of rotatable bonds is 5. The number of Topliss-reactive ketones (excluding diaryl/α,β-unsaturated/α-hetero) is 2. The van der Waals surface area contributed by atoms with Gasteiger partial charge in [0.1, 0.15) is 16.6 Å². The molecule has 1 saturated carbocycles. The third kappa shape index (κ3) is 3.83. The average Bonchev–Trinajstić information content (AvgIpc) is 3.12. The van der Waals surface area contributed by atoms with E-state index in [4.69, 9.17) is 0 Å². The van der Waals surface area contributed by atoms with Gasteiger partial charge in [0.25, 0.3) is 5.91 Å². The van der Waals surface area contributed by atoms with Crippen molar-refractivity contribution in [1.82, 2.24) is 14.9 Å². The van der Waals surface area contributed by atoms with Crippen LogP contribution in [0.25, 0.3) is 0 Å². The number of benzene rings is 1. The van der Waals surface area contributed by atoms with Gasteiger partial charge in [0.2, 0.25) is 0 Å². The van der Waals surface area contributed by atoms with E-state index in [0.29, 0.717) is 23.5 Å². The summed E-state index contributed by atoms with van der Waals surface area (Å²) in [6, 6.07) is 4.03. The number of ketones is 2. The average molecular weight is 385 g/mol. The summed E-state index contributed by atoms with van der Waals surface area (Å²) in [5.41, 5.74) is 4.55. The molecule has 1 N–H and O–H groups in total. The zero-order valence-electron chi connectivity index (χ0n) is 16.0. The number of hydrogen-bond acceptors (Lipinski definition) is 6. The van der Waals surface area contributed by atoms with Crippen molar-refractivity contribution in [2.75, 3.05) is 6.54 Å². The molecule has 1 fully saturated rings. The molecule has 0 radical (unpaired) electrons. The maximum absolute atomic E-state index is 12.9. The molecule has 142 valence electrons. The van der Waals surface area contributed by atoms with E-state index in [1.807, 2.05) is 32.9 Å². The second-order valence-corrected chi connectivity index (χ2v) is 8.00. The van der Waals surface area contributed by atoms with Crippen molar-refractivity contribution in [3.05, 3.63) is 45.0 Å². The van der Waals surface area contributed by atoms with E-state index in [0.717, 1.165) is 33.8 Å². The van der Waals surface area contributed by atoms with Crippen LogP contribution in [-0.4, -0.2) is 33.6 Å². The van der Waals surface area contributed by atoms with Crippen molar-refractivity contribution in [3.8, 4) is 0 Å². The van der Waals surface area contributed by atoms with E-state index in [2.05, 4.69) is 14.9 Å². The predicted molar refractivity (Wildman–Crippen MR) is 103 cm³/mol. The maximum atomic E-state index is 12.9. The van der Waals surface area contributed by atoms with E-state index in [1.165, 1.54) is 0 Å². The van der Waals surface area contributed by atoms with Gasteiger partial charge in [-0.3, -0.25) is 14.4 Å². The zero-order chi connectivity index (χ0) is 19.7. The van der Waals surface area contributed by atoms with Gasteiger partial charge in [-0.15, -0.1) is 5.10 Å². The molecule has 2 unspecified atom stereocenters. The molecule has 6 nitrogen and oxygen atoms in total. The highest BCUT2D eigenvalue weighted by Crippen LogP contribution is 2.37. The molecule has 3 rings (SSSR count). The summed E-state index contributed by atoms with van der Waals surface area (Å²) >= 11 is 1.05. The van der Waals surface area contributed by atoms with Crippen LogP contribution in [0, 0.1) is 33.6 Å². The molecule has 1 amide bonds. The Morgan fingerprint density at radius 2 is 1.85 bits per heavy atom. The summed E-state index contributed by atoms with van der Waals surface area (Å²) in [6.07, 6.45) is 0.704. The van der Waals surface area contributed by atoms with Gasteiger partial charge in [0.15, 0.2) is 5.78 Å². The number of carbonyl (C=O) groups is 3.